The van der Waals surface area contributed by atoms with Crippen molar-refractivity contribution in [3.63, 3.8) is 0 Å². The molecular formula is C22H25N6O7S2+. The minimum atomic E-state index is -1.73. The van der Waals surface area contributed by atoms with Crippen molar-refractivity contribution in [1.82, 2.24) is 15.2 Å². The van der Waals surface area contributed by atoms with Crippen LogP contribution in [0.2, 0.25) is 0 Å². The highest BCUT2D eigenvalue weighted by molar-refractivity contribution is 8.00. The molecule has 0 spiro atoms. The predicted molar refractivity (Wildman–Crippen MR) is 132 cm³/mol. The Balaban J connectivity index is 1.49. The summed E-state index contributed by atoms with van der Waals surface area (Å²) in [5.41, 5.74) is 2.47. The molecule has 2 fully saturated rings. The molecule has 2 amide bonds. The number of oxime groups is 1. The summed E-state index contributed by atoms with van der Waals surface area (Å²) in [4.78, 5) is 60.3. The number of anilines is 1. The molecule has 3 atom stereocenters. The van der Waals surface area contributed by atoms with Crippen LogP contribution in [0.1, 0.15) is 19.5 Å². The number of rotatable bonds is 9. The number of thiazole rings is 1. The number of aromatic nitrogens is 2. The zero-order valence-corrected chi connectivity index (χ0v) is 21.5. The molecule has 5 N–H and O–H groups in total. The number of carbonyl (C=O) groups excluding carboxylic acids is 2. The quantitative estimate of drug-likeness (QED) is 0.141. The lowest BCUT2D eigenvalue weighted by molar-refractivity contribution is -0.706. The van der Waals surface area contributed by atoms with Gasteiger partial charge in [-0.25, -0.2) is 14.3 Å². The molecule has 15 heteroatoms. The number of hydrogen-bond acceptors (Lipinski definition) is 10. The molecule has 2 aromatic heterocycles. The third-order valence-corrected chi connectivity index (χ3v) is 8.27. The van der Waals surface area contributed by atoms with Crippen LogP contribution in [0.25, 0.3) is 0 Å². The molecule has 2 aliphatic rings. The zero-order chi connectivity index (χ0) is 27.0. The number of β-lactam (4-membered cyclic amide) rings is 1. The molecule has 0 radical (unpaired) electrons. The van der Waals surface area contributed by atoms with E-state index < -0.39 is 46.2 Å². The van der Waals surface area contributed by atoms with E-state index in [4.69, 9.17) is 10.6 Å². The van der Waals surface area contributed by atoms with E-state index in [0.29, 0.717) is 0 Å². The summed E-state index contributed by atoms with van der Waals surface area (Å²) in [5.74, 6) is -3.32. The van der Waals surface area contributed by atoms with Crippen molar-refractivity contribution in [1.29, 1.82) is 0 Å². The van der Waals surface area contributed by atoms with E-state index in [1.165, 1.54) is 35.9 Å². The molecule has 4 rings (SSSR count). The molecule has 0 bridgehead atoms. The normalized spacial score (nSPS) is 23.6. The highest BCUT2D eigenvalue weighted by atomic mass is 32.2. The van der Waals surface area contributed by atoms with E-state index >= 15 is 0 Å². The fourth-order valence-corrected chi connectivity index (χ4v) is 5.90. The second kappa shape index (κ2) is 9.97. The van der Waals surface area contributed by atoms with E-state index in [9.17, 15) is 29.4 Å². The molecule has 2 aliphatic heterocycles. The average molecular weight is 550 g/mol. The third-order valence-electron chi connectivity index (χ3n) is 6.01. The summed E-state index contributed by atoms with van der Waals surface area (Å²) in [6.07, 6.45) is 3.53. The smallest absolute Gasteiger partial charge is 0.350 e. The first-order valence-electron chi connectivity index (χ1n) is 11.0. The van der Waals surface area contributed by atoms with Gasteiger partial charge in [0, 0.05) is 29.8 Å². The first-order chi connectivity index (χ1) is 17.4. The minimum Gasteiger partial charge on any atom is -0.481 e. The highest BCUT2D eigenvalue weighted by Gasteiger charge is 2.59. The molecule has 37 heavy (non-hydrogen) atoms. The fraction of sp³-hybridized carbons (Fsp3) is 0.409. The van der Waals surface area contributed by atoms with Gasteiger partial charge in [-0.15, -0.1) is 23.1 Å². The molecular weight excluding hydrogens is 524 g/mol. The van der Waals surface area contributed by atoms with Crippen molar-refractivity contribution in [2.45, 2.75) is 37.4 Å². The van der Waals surface area contributed by atoms with Crippen LogP contribution in [-0.4, -0.2) is 78.9 Å². The average Bonchev–Trinajstić information content (AvgIpc) is 3.28. The van der Waals surface area contributed by atoms with Gasteiger partial charge in [-0.1, -0.05) is 11.2 Å². The maximum atomic E-state index is 13.1. The lowest BCUT2D eigenvalue weighted by Crippen LogP contribution is -2.75. The Morgan fingerprint density at radius 3 is 2.62 bits per heavy atom. The van der Waals surface area contributed by atoms with Crippen LogP contribution in [-0.2, 0) is 30.6 Å². The van der Waals surface area contributed by atoms with E-state index in [-0.39, 0.29) is 35.4 Å². The number of nitrogens with one attached hydrogen (secondary N) is 1. The van der Waals surface area contributed by atoms with E-state index in [2.05, 4.69) is 15.5 Å². The van der Waals surface area contributed by atoms with Crippen LogP contribution in [0.3, 0.4) is 0 Å². The van der Waals surface area contributed by atoms with Crippen LogP contribution < -0.4 is 15.6 Å². The Morgan fingerprint density at radius 2 is 2.03 bits per heavy atom. The lowest BCUT2D eigenvalue weighted by Gasteiger charge is -2.53. The van der Waals surface area contributed by atoms with Crippen molar-refractivity contribution in [3.8, 4) is 0 Å². The molecule has 0 aliphatic carbocycles. The van der Waals surface area contributed by atoms with E-state index in [1.54, 1.807) is 29.1 Å². The zero-order valence-electron chi connectivity index (χ0n) is 19.9. The Bertz CT molecular complexity index is 1270. The topological polar surface area (TPSA) is 188 Å². The van der Waals surface area contributed by atoms with Gasteiger partial charge in [-0.3, -0.25) is 14.4 Å². The number of pyridine rings is 1. The van der Waals surface area contributed by atoms with E-state index in [0.717, 1.165) is 11.3 Å². The fourth-order valence-electron chi connectivity index (χ4n) is 3.82. The summed E-state index contributed by atoms with van der Waals surface area (Å²) >= 11 is 2.32. The predicted octanol–water partition coefficient (Wildman–Crippen LogP) is -0.232. The Kier molecular flexibility index (Phi) is 7.10. The molecule has 196 valence electrons. The van der Waals surface area contributed by atoms with Crippen molar-refractivity contribution in [2.75, 3.05) is 18.0 Å². The summed E-state index contributed by atoms with van der Waals surface area (Å²) in [6, 6.07) is 4.49. The van der Waals surface area contributed by atoms with Gasteiger partial charge in [0.15, 0.2) is 35.2 Å². The number of aliphatic carboxylic acids is 2. The number of nitrogen functional groups attached to an aromatic ring is 1. The lowest BCUT2D eigenvalue weighted by atomic mass is 9.86. The summed E-state index contributed by atoms with van der Waals surface area (Å²) in [6.45, 7) is 2.70. The van der Waals surface area contributed by atoms with Crippen LogP contribution in [0.4, 0.5) is 5.13 Å². The van der Waals surface area contributed by atoms with Gasteiger partial charge < -0.3 is 31.0 Å². The highest BCUT2D eigenvalue weighted by Crippen LogP contribution is 2.42. The number of fused-ring (bicyclic) bond motifs is 1. The molecule has 2 aromatic rings. The van der Waals surface area contributed by atoms with Gasteiger partial charge >= 0.3 is 11.9 Å². The number of amides is 2. The maximum absolute atomic E-state index is 13.1. The van der Waals surface area contributed by atoms with Crippen LogP contribution in [0.15, 0.2) is 41.1 Å². The van der Waals surface area contributed by atoms with Gasteiger partial charge in [-0.05, 0) is 13.8 Å². The van der Waals surface area contributed by atoms with Gasteiger partial charge in [0.2, 0.25) is 11.5 Å². The van der Waals surface area contributed by atoms with E-state index in [1.807, 2.05) is 6.07 Å². The van der Waals surface area contributed by atoms with Crippen molar-refractivity contribution in [3.05, 3.63) is 41.7 Å². The van der Waals surface area contributed by atoms with Crippen molar-refractivity contribution < 1.29 is 38.8 Å². The van der Waals surface area contributed by atoms with Crippen LogP contribution >= 0.6 is 23.1 Å². The van der Waals surface area contributed by atoms with Gasteiger partial charge in [0.1, 0.15) is 17.1 Å². The summed E-state index contributed by atoms with van der Waals surface area (Å²) < 4.78 is 1.76. The largest absolute Gasteiger partial charge is 0.481 e. The standard InChI is InChI=1S/C22H24N6O7S2/c1-21(2,18(31)32)35-26-13(12-8-36-20(23)24-12)15(29)25-14-16(30)28-10-22(19(33)34,11-37-17(14)28)9-27-6-4-3-5-7-27/h3-8,14,17H,9-11H2,1-2H3,(H4-,23,24,25,29,31,32,33,34)/p+1/t14?,17-,22?/m1/s1. The van der Waals surface area contributed by atoms with Crippen LogP contribution in [0, 0.1) is 5.41 Å². The molecule has 0 aromatic carbocycles. The third kappa shape index (κ3) is 5.22. The van der Waals surface area contributed by atoms with Gasteiger partial charge in [-0.2, -0.15) is 0 Å². The molecule has 4 heterocycles. The number of carbonyl (C=O) groups is 4. The first kappa shape index (κ1) is 26.3. The maximum Gasteiger partial charge on any atom is 0.350 e. The SMILES string of the molecule is CC(C)(ON=C(C(=O)NC1C(=O)N2CC(C[n+]3ccccc3)(C(=O)O)CS[C@H]12)c1csc(N)n1)C(=O)O. The minimum absolute atomic E-state index is 0.00736. The second-order valence-corrected chi connectivity index (χ2v) is 11.2. The number of nitrogens with two attached hydrogens (primary N) is 1. The monoisotopic (exact) mass is 549 g/mol. The Hall–Kier alpha value is -3.72. The Morgan fingerprint density at radius 1 is 1.32 bits per heavy atom. The molecule has 2 saturated heterocycles. The number of nitrogens with zero attached hydrogens (tertiary/aromatic N) is 4. The van der Waals surface area contributed by atoms with Gasteiger partial charge in [0.05, 0.1) is 0 Å². The molecule has 13 nitrogen and oxygen atoms in total. The second-order valence-electron chi connectivity index (χ2n) is 9.17. The number of hydrogen-bond donors (Lipinski definition) is 4. The first-order valence-corrected chi connectivity index (χ1v) is 13.0. The molecule has 2 unspecified atom stereocenters. The molecule has 0 saturated carbocycles. The summed E-state index contributed by atoms with van der Waals surface area (Å²) in [7, 11) is 0. The summed E-state index contributed by atoms with van der Waals surface area (Å²) in [5, 5.41) is 26.8. The number of carboxylic acid groups (broad SMARTS) is 2. The number of thioether (sulfide) groups is 1. The number of carboxylic acids is 2. The Labute approximate surface area is 219 Å². The van der Waals surface area contributed by atoms with Crippen molar-refractivity contribution >= 4 is 57.7 Å². The van der Waals surface area contributed by atoms with Crippen LogP contribution in [0.5, 0.6) is 0 Å². The van der Waals surface area contributed by atoms with Gasteiger partial charge in [0.25, 0.3) is 5.91 Å². The van der Waals surface area contributed by atoms with Crippen molar-refractivity contribution in [2.24, 2.45) is 10.6 Å².